The molecular formula is C22H19FN2O. The van der Waals surface area contributed by atoms with Crippen LogP contribution in [0.5, 0.6) is 0 Å². The van der Waals surface area contributed by atoms with E-state index in [1.54, 1.807) is 12.1 Å². The Bertz CT molecular complexity index is 909. The van der Waals surface area contributed by atoms with Crippen LogP contribution in [-0.2, 0) is 6.42 Å². The van der Waals surface area contributed by atoms with Crippen LogP contribution in [0.15, 0.2) is 78.9 Å². The van der Waals surface area contributed by atoms with Crippen molar-refractivity contribution in [2.75, 3.05) is 11.9 Å². The Labute approximate surface area is 152 Å². The minimum Gasteiger partial charge on any atom is -0.313 e. The van der Waals surface area contributed by atoms with Crippen LogP contribution in [0.2, 0.25) is 0 Å². The molecule has 0 fully saturated rings. The van der Waals surface area contributed by atoms with Gasteiger partial charge < -0.3 is 10.2 Å². The Morgan fingerprint density at radius 2 is 1.62 bits per heavy atom. The van der Waals surface area contributed by atoms with Gasteiger partial charge in [0.1, 0.15) is 5.82 Å². The average Bonchev–Trinajstić information content (AvgIpc) is 2.69. The number of rotatable bonds is 2. The van der Waals surface area contributed by atoms with Gasteiger partial charge in [0.05, 0.1) is 6.04 Å². The van der Waals surface area contributed by atoms with Gasteiger partial charge >= 0.3 is 6.03 Å². The fraction of sp³-hybridized carbons (Fsp3) is 0.136. The van der Waals surface area contributed by atoms with Crippen LogP contribution >= 0.6 is 0 Å². The normalized spacial score (nSPS) is 16.0. The zero-order chi connectivity index (χ0) is 17.9. The van der Waals surface area contributed by atoms with Crippen LogP contribution in [0.3, 0.4) is 0 Å². The lowest BCUT2D eigenvalue weighted by atomic mass is 9.88. The second kappa shape index (κ2) is 7.00. The molecule has 3 aromatic rings. The molecule has 2 amide bonds. The Morgan fingerprint density at radius 1 is 0.923 bits per heavy atom. The first-order chi connectivity index (χ1) is 12.7. The number of carbonyl (C=O) groups is 1. The van der Waals surface area contributed by atoms with E-state index >= 15 is 0 Å². The van der Waals surface area contributed by atoms with Gasteiger partial charge in [0.2, 0.25) is 0 Å². The summed E-state index contributed by atoms with van der Waals surface area (Å²) < 4.78 is 13.1. The maximum atomic E-state index is 13.1. The standard InChI is InChI=1S/C22H19FN2O/c23-18-10-12-19(13-11-18)24-22(26)25-15-14-16-6-4-5-9-20(16)21(25)17-7-2-1-3-8-17/h1-13,21H,14-15H2,(H,24,26)/t21-/m0/s1. The van der Waals surface area contributed by atoms with Gasteiger partial charge in [-0.2, -0.15) is 0 Å². The summed E-state index contributed by atoms with van der Waals surface area (Å²) in [6.45, 7) is 0.629. The van der Waals surface area contributed by atoms with E-state index in [0.717, 1.165) is 17.5 Å². The molecule has 4 heteroatoms. The first kappa shape index (κ1) is 16.3. The topological polar surface area (TPSA) is 32.3 Å². The molecular weight excluding hydrogens is 327 g/mol. The molecule has 130 valence electrons. The molecule has 1 heterocycles. The van der Waals surface area contributed by atoms with Gasteiger partial charge in [-0.3, -0.25) is 0 Å². The fourth-order valence-electron chi connectivity index (χ4n) is 3.51. The van der Waals surface area contributed by atoms with Crippen molar-refractivity contribution < 1.29 is 9.18 Å². The van der Waals surface area contributed by atoms with Gasteiger partial charge in [0.25, 0.3) is 0 Å². The molecule has 3 nitrogen and oxygen atoms in total. The molecule has 1 aliphatic rings. The second-order valence-corrected chi connectivity index (χ2v) is 6.39. The van der Waals surface area contributed by atoms with Gasteiger partial charge in [-0.25, -0.2) is 9.18 Å². The number of hydrogen-bond donors (Lipinski definition) is 1. The lowest BCUT2D eigenvalue weighted by Crippen LogP contribution is -2.43. The molecule has 0 bridgehead atoms. The highest BCUT2D eigenvalue weighted by Gasteiger charge is 2.31. The van der Waals surface area contributed by atoms with Crippen molar-refractivity contribution in [3.05, 3.63) is 101 Å². The van der Waals surface area contributed by atoms with E-state index in [0.29, 0.717) is 12.2 Å². The molecule has 0 spiro atoms. The SMILES string of the molecule is O=C(Nc1ccc(F)cc1)N1CCc2ccccc2[C@@H]1c1ccccc1. The minimum absolute atomic E-state index is 0.137. The van der Waals surface area contributed by atoms with Gasteiger partial charge in [0.15, 0.2) is 0 Å². The summed E-state index contributed by atoms with van der Waals surface area (Å²) in [5.74, 6) is -0.322. The number of anilines is 1. The lowest BCUT2D eigenvalue weighted by Gasteiger charge is -2.37. The summed E-state index contributed by atoms with van der Waals surface area (Å²) in [6, 6.07) is 23.8. The van der Waals surface area contributed by atoms with Crippen molar-refractivity contribution in [3.8, 4) is 0 Å². The van der Waals surface area contributed by atoms with E-state index in [9.17, 15) is 9.18 Å². The van der Waals surface area contributed by atoms with Gasteiger partial charge in [-0.15, -0.1) is 0 Å². The fourth-order valence-corrected chi connectivity index (χ4v) is 3.51. The maximum Gasteiger partial charge on any atom is 0.322 e. The first-order valence-electron chi connectivity index (χ1n) is 8.68. The Kier molecular flexibility index (Phi) is 4.40. The quantitative estimate of drug-likeness (QED) is 0.695. The van der Waals surface area contributed by atoms with E-state index in [1.807, 2.05) is 47.4 Å². The molecule has 0 saturated carbocycles. The van der Waals surface area contributed by atoms with Crippen LogP contribution in [0, 0.1) is 5.82 Å². The lowest BCUT2D eigenvalue weighted by molar-refractivity contribution is 0.194. The monoisotopic (exact) mass is 346 g/mol. The third-order valence-electron chi connectivity index (χ3n) is 4.76. The molecule has 0 aliphatic carbocycles. The smallest absolute Gasteiger partial charge is 0.313 e. The van der Waals surface area contributed by atoms with Crippen LogP contribution in [0.4, 0.5) is 14.9 Å². The molecule has 0 saturated heterocycles. The molecule has 4 rings (SSSR count). The van der Waals surface area contributed by atoms with E-state index in [-0.39, 0.29) is 17.9 Å². The Balaban J connectivity index is 1.68. The largest absolute Gasteiger partial charge is 0.322 e. The molecule has 3 aromatic carbocycles. The summed E-state index contributed by atoms with van der Waals surface area (Å²) in [5, 5.41) is 2.89. The number of nitrogens with one attached hydrogen (secondary N) is 1. The van der Waals surface area contributed by atoms with Crippen molar-refractivity contribution in [3.63, 3.8) is 0 Å². The number of halogens is 1. The highest BCUT2D eigenvalue weighted by Crippen LogP contribution is 2.35. The van der Waals surface area contributed by atoms with Crippen molar-refractivity contribution in [2.24, 2.45) is 0 Å². The van der Waals surface area contributed by atoms with E-state index in [4.69, 9.17) is 0 Å². The van der Waals surface area contributed by atoms with Gasteiger partial charge in [0, 0.05) is 12.2 Å². The Morgan fingerprint density at radius 3 is 2.38 bits per heavy atom. The van der Waals surface area contributed by atoms with Gasteiger partial charge in [-0.1, -0.05) is 54.6 Å². The van der Waals surface area contributed by atoms with E-state index in [1.165, 1.54) is 17.7 Å². The van der Waals surface area contributed by atoms with E-state index < -0.39 is 0 Å². The number of carbonyl (C=O) groups excluding carboxylic acids is 1. The highest BCUT2D eigenvalue weighted by atomic mass is 19.1. The van der Waals surface area contributed by atoms with Crippen molar-refractivity contribution in [1.82, 2.24) is 4.90 Å². The Hall–Kier alpha value is -3.14. The second-order valence-electron chi connectivity index (χ2n) is 6.39. The zero-order valence-corrected chi connectivity index (χ0v) is 14.2. The summed E-state index contributed by atoms with van der Waals surface area (Å²) in [6.07, 6.45) is 0.816. The molecule has 26 heavy (non-hydrogen) atoms. The summed E-state index contributed by atoms with van der Waals surface area (Å²) in [7, 11) is 0. The summed E-state index contributed by atoms with van der Waals surface area (Å²) >= 11 is 0. The molecule has 1 N–H and O–H groups in total. The number of amides is 2. The summed E-state index contributed by atoms with van der Waals surface area (Å²) in [4.78, 5) is 14.8. The molecule has 1 aliphatic heterocycles. The average molecular weight is 346 g/mol. The van der Waals surface area contributed by atoms with Crippen LogP contribution in [0.1, 0.15) is 22.7 Å². The first-order valence-corrected chi connectivity index (χ1v) is 8.68. The molecule has 0 aromatic heterocycles. The number of hydrogen-bond acceptors (Lipinski definition) is 1. The molecule has 0 radical (unpaired) electrons. The summed E-state index contributed by atoms with van der Waals surface area (Å²) in [5.41, 5.74) is 4.09. The molecule has 0 unspecified atom stereocenters. The number of urea groups is 1. The maximum absolute atomic E-state index is 13.1. The predicted octanol–water partition coefficient (Wildman–Crippen LogP) is 5.01. The number of nitrogens with zero attached hydrogens (tertiary/aromatic N) is 1. The third kappa shape index (κ3) is 3.18. The van der Waals surface area contributed by atoms with Crippen LogP contribution in [0.25, 0.3) is 0 Å². The van der Waals surface area contributed by atoms with Crippen molar-refractivity contribution in [1.29, 1.82) is 0 Å². The minimum atomic E-state index is -0.322. The van der Waals surface area contributed by atoms with E-state index in [2.05, 4.69) is 17.4 Å². The third-order valence-corrected chi connectivity index (χ3v) is 4.76. The zero-order valence-electron chi connectivity index (χ0n) is 14.2. The predicted molar refractivity (Wildman–Crippen MR) is 101 cm³/mol. The van der Waals surface area contributed by atoms with Crippen LogP contribution < -0.4 is 5.32 Å². The van der Waals surface area contributed by atoms with Crippen molar-refractivity contribution in [2.45, 2.75) is 12.5 Å². The highest BCUT2D eigenvalue weighted by molar-refractivity contribution is 5.90. The number of benzene rings is 3. The molecule has 1 atom stereocenters. The van der Waals surface area contributed by atoms with Crippen LogP contribution in [-0.4, -0.2) is 17.5 Å². The van der Waals surface area contributed by atoms with Crippen molar-refractivity contribution >= 4 is 11.7 Å². The van der Waals surface area contributed by atoms with Gasteiger partial charge in [-0.05, 0) is 47.4 Å². The number of fused-ring (bicyclic) bond motifs is 1.